The summed E-state index contributed by atoms with van der Waals surface area (Å²) in [6.07, 6.45) is 0. The number of phenols is 2. The molecular weight excluding hydrogens is 352 g/mol. The first-order valence-corrected chi connectivity index (χ1v) is 7.46. The molecule has 25 heavy (non-hydrogen) atoms. The van der Waals surface area contributed by atoms with Crippen molar-refractivity contribution in [2.24, 2.45) is 0 Å². The third kappa shape index (κ3) is 2.28. The Bertz CT molecular complexity index is 977. The number of carbonyl (C=O) groups is 2. The summed E-state index contributed by atoms with van der Waals surface area (Å²) in [5.41, 5.74) is -0.710. The fourth-order valence-corrected chi connectivity index (χ4v) is 2.83. The van der Waals surface area contributed by atoms with E-state index in [0.29, 0.717) is 11.5 Å². The number of rotatable bonds is 2. The number of allylic oxidation sites excluding steroid dienone is 2. The van der Waals surface area contributed by atoms with Crippen molar-refractivity contribution in [3.05, 3.63) is 52.3 Å². The minimum absolute atomic E-state index is 0.0696. The number of Topliss-reactive ketones (excluding diaryl/α,β-unsaturated/α-hetero) is 2. The van der Waals surface area contributed by atoms with Gasteiger partial charge in [0.05, 0.1) is 11.1 Å². The third-order valence-corrected chi connectivity index (χ3v) is 4.13. The van der Waals surface area contributed by atoms with Crippen LogP contribution in [-0.2, 0) is 0 Å². The first-order valence-electron chi connectivity index (χ1n) is 7.09. The highest BCUT2D eigenvalue weighted by Crippen LogP contribution is 2.40. The second-order valence-electron chi connectivity index (χ2n) is 5.27. The van der Waals surface area contributed by atoms with Crippen LogP contribution in [0, 0.1) is 0 Å². The molecule has 0 unspecified atom stereocenters. The fourth-order valence-electron chi connectivity index (χ4n) is 2.62. The summed E-state index contributed by atoms with van der Waals surface area (Å²) in [5.74, 6) is -1.85. The van der Waals surface area contributed by atoms with Crippen LogP contribution in [0.5, 0.6) is 28.7 Å². The van der Waals surface area contributed by atoms with Gasteiger partial charge in [-0.25, -0.2) is 0 Å². The molecule has 2 N–H and O–H groups in total. The largest absolute Gasteiger partial charge is 0.507 e. The quantitative estimate of drug-likeness (QED) is 0.794. The number of ether oxygens (including phenoxy) is 3. The Morgan fingerprint density at radius 1 is 0.920 bits per heavy atom. The van der Waals surface area contributed by atoms with E-state index in [1.54, 1.807) is 6.07 Å². The van der Waals surface area contributed by atoms with Gasteiger partial charge in [0.25, 0.3) is 0 Å². The van der Waals surface area contributed by atoms with Crippen LogP contribution in [0.15, 0.2) is 41.1 Å². The van der Waals surface area contributed by atoms with Crippen molar-refractivity contribution in [3.8, 4) is 28.7 Å². The van der Waals surface area contributed by atoms with Crippen LogP contribution in [0.3, 0.4) is 0 Å². The van der Waals surface area contributed by atoms with E-state index in [2.05, 4.69) is 0 Å². The van der Waals surface area contributed by atoms with Crippen LogP contribution >= 0.6 is 11.6 Å². The van der Waals surface area contributed by atoms with Gasteiger partial charge in [-0.2, -0.15) is 0 Å². The molecule has 0 bridgehead atoms. The summed E-state index contributed by atoms with van der Waals surface area (Å²) in [6, 6.07) is 6.79. The van der Waals surface area contributed by atoms with Gasteiger partial charge >= 0.3 is 0 Å². The van der Waals surface area contributed by atoms with Crippen molar-refractivity contribution in [2.45, 2.75) is 0 Å². The molecule has 126 valence electrons. The zero-order valence-corrected chi connectivity index (χ0v) is 13.2. The van der Waals surface area contributed by atoms with E-state index in [4.69, 9.17) is 25.8 Å². The molecule has 1 aliphatic heterocycles. The zero-order valence-electron chi connectivity index (χ0n) is 12.4. The molecule has 4 rings (SSSR count). The van der Waals surface area contributed by atoms with Crippen LogP contribution < -0.4 is 14.2 Å². The van der Waals surface area contributed by atoms with Crippen molar-refractivity contribution >= 4 is 23.2 Å². The predicted molar refractivity (Wildman–Crippen MR) is 84.5 cm³/mol. The molecule has 0 spiro atoms. The van der Waals surface area contributed by atoms with Crippen molar-refractivity contribution in [1.29, 1.82) is 0 Å². The highest BCUT2D eigenvalue weighted by molar-refractivity contribution is 6.50. The van der Waals surface area contributed by atoms with Gasteiger partial charge in [-0.05, 0) is 24.3 Å². The second kappa shape index (κ2) is 5.42. The summed E-state index contributed by atoms with van der Waals surface area (Å²) in [6.45, 7) is 0.0696. The Morgan fingerprint density at radius 2 is 1.56 bits per heavy atom. The van der Waals surface area contributed by atoms with Crippen molar-refractivity contribution < 1.29 is 34.0 Å². The van der Waals surface area contributed by atoms with Crippen molar-refractivity contribution in [2.75, 3.05) is 6.79 Å². The molecule has 2 aromatic carbocycles. The van der Waals surface area contributed by atoms with Gasteiger partial charge < -0.3 is 24.4 Å². The van der Waals surface area contributed by atoms with E-state index >= 15 is 0 Å². The molecule has 0 fully saturated rings. The number of benzene rings is 2. The van der Waals surface area contributed by atoms with E-state index in [1.807, 2.05) is 0 Å². The third-order valence-electron chi connectivity index (χ3n) is 3.78. The summed E-state index contributed by atoms with van der Waals surface area (Å²) < 4.78 is 15.9. The van der Waals surface area contributed by atoms with Crippen LogP contribution in [0.4, 0.5) is 0 Å². The highest BCUT2D eigenvalue weighted by Gasteiger charge is 2.37. The van der Waals surface area contributed by atoms with Crippen LogP contribution in [0.1, 0.15) is 20.7 Å². The Balaban J connectivity index is 1.78. The van der Waals surface area contributed by atoms with E-state index < -0.39 is 33.9 Å². The molecule has 1 heterocycles. The average Bonchev–Trinajstić information content (AvgIpc) is 3.06. The number of ketones is 2. The van der Waals surface area contributed by atoms with Gasteiger partial charge in [-0.1, -0.05) is 11.6 Å². The molecule has 2 aliphatic rings. The minimum Gasteiger partial charge on any atom is -0.507 e. The molecular formula is C17H9ClO7. The van der Waals surface area contributed by atoms with Crippen LogP contribution in [-0.4, -0.2) is 28.6 Å². The van der Waals surface area contributed by atoms with Crippen LogP contribution in [0.25, 0.3) is 0 Å². The molecule has 2 aromatic rings. The summed E-state index contributed by atoms with van der Waals surface area (Å²) in [4.78, 5) is 25.0. The molecule has 0 saturated carbocycles. The van der Waals surface area contributed by atoms with E-state index in [1.165, 1.54) is 12.1 Å². The van der Waals surface area contributed by atoms with E-state index in [9.17, 15) is 19.8 Å². The van der Waals surface area contributed by atoms with Gasteiger partial charge in [-0.3, -0.25) is 9.59 Å². The topological polar surface area (TPSA) is 102 Å². The molecule has 1 aliphatic carbocycles. The molecule has 0 saturated heterocycles. The maximum atomic E-state index is 12.6. The van der Waals surface area contributed by atoms with Gasteiger partial charge in [0.15, 0.2) is 17.3 Å². The van der Waals surface area contributed by atoms with Crippen molar-refractivity contribution in [1.82, 2.24) is 0 Å². The van der Waals surface area contributed by atoms with Crippen molar-refractivity contribution in [3.63, 3.8) is 0 Å². The lowest BCUT2D eigenvalue weighted by Crippen LogP contribution is -2.23. The number of fused-ring (bicyclic) bond motifs is 2. The number of carbonyl (C=O) groups excluding carboxylic acids is 2. The lowest BCUT2D eigenvalue weighted by Gasteiger charge is -2.19. The molecule has 0 aromatic heterocycles. The SMILES string of the molecule is O=C1C(Cl)=C(Oc2ccc3c(c2)OCO3)C(=O)c2c(O)ccc(O)c21. The predicted octanol–water partition coefficient (Wildman–Crippen LogP) is 2.73. The molecule has 0 radical (unpaired) electrons. The number of halogens is 1. The average molecular weight is 361 g/mol. The minimum atomic E-state index is -0.819. The van der Waals surface area contributed by atoms with Gasteiger partial charge in [0.2, 0.25) is 18.4 Å². The fraction of sp³-hybridized carbons (Fsp3) is 0.0588. The standard InChI is InChI=1S/C17H9ClO7/c18-14-15(21)12-8(19)2-3-9(20)13(12)16(22)17(14)25-7-1-4-10-11(5-7)24-6-23-10/h1-5,19-20H,6H2. The normalized spacial score (nSPS) is 15.4. The van der Waals surface area contributed by atoms with Gasteiger partial charge in [-0.15, -0.1) is 0 Å². The Morgan fingerprint density at radius 3 is 2.28 bits per heavy atom. The maximum Gasteiger partial charge on any atom is 0.234 e. The lowest BCUT2D eigenvalue weighted by atomic mass is 9.91. The molecule has 8 heteroatoms. The smallest absolute Gasteiger partial charge is 0.234 e. The zero-order chi connectivity index (χ0) is 17.7. The van der Waals surface area contributed by atoms with Gasteiger partial charge in [0.1, 0.15) is 22.3 Å². The number of hydrogen-bond donors (Lipinski definition) is 2. The molecule has 0 atom stereocenters. The summed E-state index contributed by atoms with van der Waals surface area (Å²) in [5, 5.41) is 19.3. The molecule has 7 nitrogen and oxygen atoms in total. The lowest BCUT2D eigenvalue weighted by molar-refractivity contribution is 0.0938. The van der Waals surface area contributed by atoms with Crippen LogP contribution in [0.2, 0.25) is 0 Å². The van der Waals surface area contributed by atoms with E-state index in [0.717, 1.165) is 12.1 Å². The summed E-state index contributed by atoms with van der Waals surface area (Å²) in [7, 11) is 0. The molecule has 0 amide bonds. The second-order valence-corrected chi connectivity index (χ2v) is 5.65. The Kier molecular flexibility index (Phi) is 3.33. The van der Waals surface area contributed by atoms with Gasteiger partial charge in [0, 0.05) is 6.07 Å². The first kappa shape index (κ1) is 15.3. The Labute approximate surface area is 145 Å². The van der Waals surface area contributed by atoms with E-state index in [-0.39, 0.29) is 23.7 Å². The highest BCUT2D eigenvalue weighted by atomic mass is 35.5. The Hall–Kier alpha value is -3.19. The summed E-state index contributed by atoms with van der Waals surface area (Å²) >= 11 is 5.98. The first-order chi connectivity index (χ1) is 12.0. The maximum absolute atomic E-state index is 12.6. The monoisotopic (exact) mass is 360 g/mol. The number of hydrogen-bond acceptors (Lipinski definition) is 7. The number of aromatic hydroxyl groups is 2. The number of phenolic OH excluding ortho intramolecular Hbond substituents is 2.